The van der Waals surface area contributed by atoms with E-state index in [4.69, 9.17) is 0 Å². The lowest BCUT2D eigenvalue weighted by Gasteiger charge is -1.98. The first kappa shape index (κ1) is 7.86. The van der Waals surface area contributed by atoms with Gasteiger partial charge in [0.15, 0.2) is 0 Å². The van der Waals surface area contributed by atoms with Crippen molar-refractivity contribution in [2.24, 2.45) is 0 Å². The molecule has 2 aromatic rings. The summed E-state index contributed by atoms with van der Waals surface area (Å²) < 4.78 is 12.5. The Kier molecular flexibility index (Phi) is 2.00. The van der Waals surface area contributed by atoms with Crippen LogP contribution in [0.3, 0.4) is 0 Å². The van der Waals surface area contributed by atoms with Crippen molar-refractivity contribution in [3.63, 3.8) is 0 Å². The van der Waals surface area contributed by atoms with E-state index in [1.165, 1.54) is 12.3 Å². The highest BCUT2D eigenvalue weighted by Crippen LogP contribution is 2.15. The molecule has 2 nitrogen and oxygen atoms in total. The second-order valence-electron chi connectivity index (χ2n) is 2.61. The van der Waals surface area contributed by atoms with Crippen LogP contribution in [0.25, 0.3) is 11.1 Å². The third kappa shape index (κ3) is 1.69. The zero-order valence-electron chi connectivity index (χ0n) is 6.81. The van der Waals surface area contributed by atoms with Gasteiger partial charge in [-0.25, -0.2) is 4.98 Å². The molecule has 0 saturated carbocycles. The van der Waals surface area contributed by atoms with E-state index in [9.17, 15) is 4.39 Å². The lowest BCUT2D eigenvalue weighted by Crippen LogP contribution is -1.83. The monoisotopic (exact) mass is 174 g/mol. The number of hydrogen-bond donors (Lipinski definition) is 0. The Bertz CT molecular complexity index is 383. The molecule has 2 rings (SSSR count). The maximum Gasteiger partial charge on any atom is 0.212 e. The molecule has 0 spiro atoms. The van der Waals surface area contributed by atoms with Crippen LogP contribution in [0, 0.1) is 5.95 Å². The maximum atomic E-state index is 12.5. The molecule has 0 fully saturated rings. The molecule has 3 heteroatoms. The van der Waals surface area contributed by atoms with E-state index >= 15 is 0 Å². The summed E-state index contributed by atoms with van der Waals surface area (Å²) >= 11 is 0. The summed E-state index contributed by atoms with van der Waals surface area (Å²) in [7, 11) is 0. The Balaban J connectivity index is 2.42. The highest BCUT2D eigenvalue weighted by molar-refractivity contribution is 5.60. The van der Waals surface area contributed by atoms with Crippen LogP contribution < -0.4 is 0 Å². The minimum atomic E-state index is -0.465. The van der Waals surface area contributed by atoms with Crippen LogP contribution in [0.5, 0.6) is 0 Å². The molecule has 0 unspecified atom stereocenters. The molecular formula is C10H7FN2. The fraction of sp³-hybridized carbons (Fsp3) is 0. The standard InChI is InChI=1S/C10H7FN2/c11-10-4-3-9(7-13-10)8-2-1-5-12-6-8/h1-7H. The summed E-state index contributed by atoms with van der Waals surface area (Å²) in [6.07, 6.45) is 4.90. The highest BCUT2D eigenvalue weighted by atomic mass is 19.1. The van der Waals surface area contributed by atoms with Crippen molar-refractivity contribution in [3.8, 4) is 11.1 Å². The summed E-state index contributed by atoms with van der Waals surface area (Å²) in [5, 5.41) is 0. The van der Waals surface area contributed by atoms with Gasteiger partial charge in [0.05, 0.1) is 0 Å². The van der Waals surface area contributed by atoms with Crippen LogP contribution in [0.1, 0.15) is 0 Å². The van der Waals surface area contributed by atoms with Crippen LogP contribution in [0.2, 0.25) is 0 Å². The average Bonchev–Trinajstić information content (AvgIpc) is 2.20. The number of aromatic nitrogens is 2. The lowest BCUT2D eigenvalue weighted by atomic mass is 10.1. The Morgan fingerprint density at radius 3 is 2.46 bits per heavy atom. The van der Waals surface area contributed by atoms with Crippen LogP contribution >= 0.6 is 0 Å². The van der Waals surface area contributed by atoms with Crippen molar-refractivity contribution in [1.29, 1.82) is 0 Å². The lowest BCUT2D eigenvalue weighted by molar-refractivity contribution is 0.584. The number of hydrogen-bond acceptors (Lipinski definition) is 2. The van der Waals surface area contributed by atoms with E-state index in [0.29, 0.717) is 0 Å². The van der Waals surface area contributed by atoms with E-state index < -0.39 is 5.95 Å². The highest BCUT2D eigenvalue weighted by Gasteiger charge is 1.97. The first-order chi connectivity index (χ1) is 6.36. The van der Waals surface area contributed by atoms with Crippen LogP contribution in [-0.2, 0) is 0 Å². The topological polar surface area (TPSA) is 25.8 Å². The zero-order valence-corrected chi connectivity index (χ0v) is 6.81. The van der Waals surface area contributed by atoms with Gasteiger partial charge in [-0.3, -0.25) is 4.98 Å². The quantitative estimate of drug-likeness (QED) is 0.620. The minimum Gasteiger partial charge on any atom is -0.264 e. The smallest absolute Gasteiger partial charge is 0.212 e. The third-order valence-corrected chi connectivity index (χ3v) is 1.72. The van der Waals surface area contributed by atoms with E-state index in [2.05, 4.69) is 9.97 Å². The van der Waals surface area contributed by atoms with Gasteiger partial charge < -0.3 is 0 Å². The van der Waals surface area contributed by atoms with E-state index in [0.717, 1.165) is 11.1 Å². The Hall–Kier alpha value is -1.77. The first-order valence-electron chi connectivity index (χ1n) is 3.88. The summed E-state index contributed by atoms with van der Waals surface area (Å²) in [5.74, 6) is -0.465. The molecule has 0 atom stereocenters. The second kappa shape index (κ2) is 3.31. The minimum absolute atomic E-state index is 0.465. The Labute approximate surface area is 75.1 Å². The van der Waals surface area contributed by atoms with Crippen molar-refractivity contribution >= 4 is 0 Å². The molecule has 2 heterocycles. The van der Waals surface area contributed by atoms with Crippen molar-refractivity contribution in [3.05, 3.63) is 48.8 Å². The molecule has 0 aliphatic carbocycles. The molecule has 2 aromatic heterocycles. The summed E-state index contributed by atoms with van der Waals surface area (Å²) in [4.78, 5) is 7.52. The second-order valence-corrected chi connectivity index (χ2v) is 2.61. The van der Waals surface area contributed by atoms with Gasteiger partial charge in [-0.05, 0) is 18.2 Å². The van der Waals surface area contributed by atoms with E-state index in [-0.39, 0.29) is 0 Å². The summed E-state index contributed by atoms with van der Waals surface area (Å²) in [6, 6.07) is 6.75. The van der Waals surface area contributed by atoms with Crippen LogP contribution in [0.15, 0.2) is 42.9 Å². The summed E-state index contributed by atoms with van der Waals surface area (Å²) in [5.41, 5.74) is 1.81. The number of nitrogens with zero attached hydrogens (tertiary/aromatic N) is 2. The summed E-state index contributed by atoms with van der Waals surface area (Å²) in [6.45, 7) is 0. The van der Waals surface area contributed by atoms with Crippen LogP contribution in [0.4, 0.5) is 4.39 Å². The number of pyridine rings is 2. The van der Waals surface area contributed by atoms with Gasteiger partial charge in [-0.15, -0.1) is 0 Å². The van der Waals surface area contributed by atoms with E-state index in [1.807, 2.05) is 12.1 Å². The van der Waals surface area contributed by atoms with Gasteiger partial charge in [0.25, 0.3) is 0 Å². The number of halogens is 1. The normalized spacial score (nSPS) is 9.92. The Morgan fingerprint density at radius 2 is 1.85 bits per heavy atom. The average molecular weight is 174 g/mol. The van der Waals surface area contributed by atoms with Gasteiger partial charge in [-0.2, -0.15) is 4.39 Å². The molecule has 0 bridgehead atoms. The molecule has 0 aliphatic rings. The molecule has 0 aromatic carbocycles. The molecule has 0 amide bonds. The van der Waals surface area contributed by atoms with Crippen LogP contribution in [-0.4, -0.2) is 9.97 Å². The SMILES string of the molecule is Fc1ccc(-c2cccnc2)cn1. The number of rotatable bonds is 1. The predicted molar refractivity (Wildman–Crippen MR) is 47.4 cm³/mol. The molecule has 0 radical (unpaired) electrons. The fourth-order valence-electron chi connectivity index (χ4n) is 1.08. The zero-order chi connectivity index (χ0) is 9.10. The molecule has 64 valence electrons. The molecule has 0 aliphatic heterocycles. The fourth-order valence-corrected chi connectivity index (χ4v) is 1.08. The van der Waals surface area contributed by atoms with Crippen molar-refractivity contribution in [2.45, 2.75) is 0 Å². The third-order valence-electron chi connectivity index (χ3n) is 1.72. The molecular weight excluding hydrogens is 167 g/mol. The largest absolute Gasteiger partial charge is 0.264 e. The van der Waals surface area contributed by atoms with Gasteiger partial charge in [0, 0.05) is 29.7 Å². The van der Waals surface area contributed by atoms with Gasteiger partial charge in [0.2, 0.25) is 5.95 Å². The van der Waals surface area contributed by atoms with Gasteiger partial charge in [-0.1, -0.05) is 6.07 Å². The first-order valence-corrected chi connectivity index (χ1v) is 3.88. The van der Waals surface area contributed by atoms with Crippen molar-refractivity contribution in [1.82, 2.24) is 9.97 Å². The van der Waals surface area contributed by atoms with Crippen molar-refractivity contribution < 1.29 is 4.39 Å². The predicted octanol–water partition coefficient (Wildman–Crippen LogP) is 2.28. The van der Waals surface area contributed by atoms with Gasteiger partial charge >= 0.3 is 0 Å². The van der Waals surface area contributed by atoms with E-state index in [1.54, 1.807) is 18.5 Å². The Morgan fingerprint density at radius 1 is 1.00 bits per heavy atom. The molecule has 13 heavy (non-hydrogen) atoms. The van der Waals surface area contributed by atoms with Crippen molar-refractivity contribution in [2.75, 3.05) is 0 Å². The van der Waals surface area contributed by atoms with Gasteiger partial charge in [0.1, 0.15) is 0 Å². The molecule has 0 N–H and O–H groups in total. The molecule has 0 saturated heterocycles. The maximum absolute atomic E-state index is 12.5.